The number of rotatable bonds is 5. The van der Waals surface area contributed by atoms with Crippen LogP contribution < -0.4 is 15.4 Å². The largest absolute Gasteiger partial charge is 0.457 e. The van der Waals surface area contributed by atoms with E-state index in [2.05, 4.69) is 16.7 Å². The van der Waals surface area contributed by atoms with Gasteiger partial charge in [-0.1, -0.05) is 12.8 Å². The maximum atomic E-state index is 12.6. The topological polar surface area (TPSA) is 63.2 Å². The van der Waals surface area contributed by atoms with E-state index in [1.807, 2.05) is 37.3 Å². The van der Waals surface area contributed by atoms with Crippen LogP contribution in [0.3, 0.4) is 0 Å². The highest BCUT2D eigenvalue weighted by Crippen LogP contribution is 2.55. The number of amides is 1. The molecule has 5 rings (SSSR count). The monoisotopic (exact) mass is 405 g/mol. The van der Waals surface area contributed by atoms with E-state index in [9.17, 15) is 4.79 Å². The van der Waals surface area contributed by atoms with Gasteiger partial charge in [-0.25, -0.2) is 0 Å². The van der Waals surface area contributed by atoms with E-state index in [4.69, 9.17) is 9.72 Å². The van der Waals surface area contributed by atoms with Crippen molar-refractivity contribution >= 4 is 11.6 Å². The van der Waals surface area contributed by atoms with E-state index < -0.39 is 0 Å². The number of aromatic nitrogens is 1. The van der Waals surface area contributed by atoms with Crippen molar-refractivity contribution in [2.75, 3.05) is 18.4 Å². The maximum Gasteiger partial charge on any atom is 0.228 e. The zero-order chi connectivity index (χ0) is 20.5. The minimum Gasteiger partial charge on any atom is -0.457 e. The summed E-state index contributed by atoms with van der Waals surface area (Å²) in [5, 5.41) is 6.51. The number of carbonyl (C=O) groups is 1. The Hall–Kier alpha value is -2.40. The average molecular weight is 406 g/mol. The number of hydrogen-bond donors (Lipinski definition) is 2. The Labute approximate surface area is 178 Å². The second-order valence-electron chi connectivity index (χ2n) is 9.15. The second kappa shape index (κ2) is 8.38. The van der Waals surface area contributed by atoms with Crippen molar-refractivity contribution in [1.82, 2.24) is 10.3 Å². The first kappa shape index (κ1) is 19.6. The summed E-state index contributed by atoms with van der Waals surface area (Å²) in [5.74, 6) is 3.78. The van der Waals surface area contributed by atoms with Gasteiger partial charge in [0.05, 0.1) is 0 Å². The maximum absolute atomic E-state index is 12.6. The molecule has 2 N–H and O–H groups in total. The Morgan fingerprint density at radius 2 is 1.70 bits per heavy atom. The van der Waals surface area contributed by atoms with Gasteiger partial charge in [-0.15, -0.1) is 0 Å². The first-order chi connectivity index (χ1) is 14.7. The van der Waals surface area contributed by atoms with Gasteiger partial charge in [-0.2, -0.15) is 0 Å². The Kier molecular flexibility index (Phi) is 5.47. The summed E-state index contributed by atoms with van der Waals surface area (Å²) in [6, 6.07) is 11.8. The molecule has 0 radical (unpaired) electrons. The van der Waals surface area contributed by atoms with E-state index >= 15 is 0 Å². The molecule has 1 aromatic heterocycles. The first-order valence-electron chi connectivity index (χ1n) is 11.5. The molecular formula is C25H31N3O2. The van der Waals surface area contributed by atoms with Crippen LogP contribution in [0.1, 0.15) is 55.8 Å². The number of piperidine rings is 1. The van der Waals surface area contributed by atoms with Crippen LogP contribution in [-0.2, 0) is 4.79 Å². The van der Waals surface area contributed by atoms with E-state index in [1.54, 1.807) is 0 Å². The van der Waals surface area contributed by atoms with Gasteiger partial charge in [0.1, 0.15) is 11.5 Å². The van der Waals surface area contributed by atoms with Gasteiger partial charge >= 0.3 is 0 Å². The second-order valence-corrected chi connectivity index (χ2v) is 9.15. The average Bonchev–Trinajstić information content (AvgIpc) is 3.50. The summed E-state index contributed by atoms with van der Waals surface area (Å²) in [6.45, 7) is 4.11. The molecule has 1 aliphatic heterocycles. The third kappa shape index (κ3) is 4.22. The third-order valence-corrected chi connectivity index (χ3v) is 7.02. The highest BCUT2D eigenvalue weighted by molar-refractivity contribution is 5.94. The van der Waals surface area contributed by atoms with Gasteiger partial charge < -0.3 is 15.4 Å². The molecule has 2 saturated carbocycles. The molecule has 5 heteroatoms. The molecular weight excluding hydrogens is 374 g/mol. The predicted octanol–water partition coefficient (Wildman–Crippen LogP) is 5.02. The van der Waals surface area contributed by atoms with Crippen molar-refractivity contribution in [1.29, 1.82) is 0 Å². The molecule has 1 aromatic carbocycles. The summed E-state index contributed by atoms with van der Waals surface area (Å²) < 4.78 is 6.12. The Morgan fingerprint density at radius 3 is 2.40 bits per heavy atom. The van der Waals surface area contributed by atoms with E-state index in [0.29, 0.717) is 17.8 Å². The fourth-order valence-corrected chi connectivity index (χ4v) is 5.40. The summed E-state index contributed by atoms with van der Waals surface area (Å²) in [5.41, 5.74) is 2.95. The standard InChI is InChI=1S/C25H31N3O2/c1-16-14-20(15-23(27-16)17-10-12-26-13-11-17)30-19-8-6-18(7-9-19)28-25(29)24-21-4-2-3-5-22(21)24/h6-9,14-15,17,21-22,24,26H,2-5,10-13H2,1H3,(H,28,29)/t21-,22-/m1/s1. The molecule has 1 saturated heterocycles. The highest BCUT2D eigenvalue weighted by atomic mass is 16.5. The number of hydrogen-bond acceptors (Lipinski definition) is 4. The van der Waals surface area contributed by atoms with Crippen LogP contribution in [-0.4, -0.2) is 24.0 Å². The van der Waals surface area contributed by atoms with Crippen molar-refractivity contribution in [3.63, 3.8) is 0 Å². The SMILES string of the molecule is Cc1cc(Oc2ccc(NC(=O)C3[C@@H]4CCCC[C@@H]34)cc2)cc(C2CCNCC2)n1. The lowest BCUT2D eigenvalue weighted by molar-refractivity contribution is -0.117. The molecule has 158 valence electrons. The molecule has 3 aliphatic rings. The van der Waals surface area contributed by atoms with Crippen LogP contribution in [0, 0.1) is 24.7 Å². The third-order valence-electron chi connectivity index (χ3n) is 7.02. The summed E-state index contributed by atoms with van der Waals surface area (Å²) >= 11 is 0. The van der Waals surface area contributed by atoms with Crippen molar-refractivity contribution in [3.05, 3.63) is 47.8 Å². The van der Waals surface area contributed by atoms with Gasteiger partial charge in [0.25, 0.3) is 0 Å². The van der Waals surface area contributed by atoms with Crippen molar-refractivity contribution in [2.45, 2.75) is 51.4 Å². The molecule has 3 fully saturated rings. The van der Waals surface area contributed by atoms with E-state index in [0.717, 1.165) is 54.5 Å². The summed E-state index contributed by atoms with van der Waals surface area (Å²) in [6.07, 6.45) is 7.25. The van der Waals surface area contributed by atoms with Crippen LogP contribution in [0.2, 0.25) is 0 Å². The molecule has 1 amide bonds. The van der Waals surface area contributed by atoms with Gasteiger partial charge in [-0.3, -0.25) is 9.78 Å². The molecule has 2 aliphatic carbocycles. The van der Waals surface area contributed by atoms with Crippen LogP contribution in [0.5, 0.6) is 11.5 Å². The zero-order valence-corrected chi connectivity index (χ0v) is 17.7. The number of aryl methyl sites for hydroxylation is 1. The first-order valence-corrected chi connectivity index (χ1v) is 11.5. The highest BCUT2D eigenvalue weighted by Gasteiger charge is 2.54. The summed E-state index contributed by atoms with van der Waals surface area (Å²) in [4.78, 5) is 17.3. The van der Waals surface area contributed by atoms with Gasteiger partial charge in [0, 0.05) is 41.0 Å². The number of nitrogens with zero attached hydrogens (tertiary/aromatic N) is 1. The number of ether oxygens (including phenoxy) is 1. The molecule has 30 heavy (non-hydrogen) atoms. The van der Waals surface area contributed by atoms with Gasteiger partial charge in [0.15, 0.2) is 0 Å². The van der Waals surface area contributed by atoms with Crippen LogP contribution in [0.25, 0.3) is 0 Å². The fraction of sp³-hybridized carbons (Fsp3) is 0.520. The van der Waals surface area contributed by atoms with Crippen LogP contribution in [0.15, 0.2) is 36.4 Å². The quantitative estimate of drug-likeness (QED) is 0.733. The molecule has 0 bridgehead atoms. The smallest absolute Gasteiger partial charge is 0.228 e. The minimum atomic E-state index is 0.192. The lowest BCUT2D eigenvalue weighted by Gasteiger charge is -2.22. The predicted molar refractivity (Wildman–Crippen MR) is 118 cm³/mol. The fourth-order valence-electron chi connectivity index (χ4n) is 5.40. The number of benzene rings is 1. The number of fused-ring (bicyclic) bond motifs is 1. The molecule has 0 unspecified atom stereocenters. The number of carbonyl (C=O) groups excluding carboxylic acids is 1. The Balaban J connectivity index is 1.22. The Morgan fingerprint density at radius 1 is 1.00 bits per heavy atom. The summed E-state index contributed by atoms with van der Waals surface area (Å²) in [7, 11) is 0. The molecule has 2 atom stereocenters. The lowest BCUT2D eigenvalue weighted by atomic mass is 9.94. The van der Waals surface area contributed by atoms with Gasteiger partial charge in [-0.05, 0) is 81.8 Å². The van der Waals surface area contributed by atoms with Crippen molar-refractivity contribution < 1.29 is 9.53 Å². The van der Waals surface area contributed by atoms with Crippen molar-refractivity contribution in [3.8, 4) is 11.5 Å². The lowest BCUT2D eigenvalue weighted by Crippen LogP contribution is -2.27. The minimum absolute atomic E-state index is 0.192. The number of pyridine rings is 1. The van der Waals surface area contributed by atoms with Gasteiger partial charge in [0.2, 0.25) is 5.91 Å². The normalized spacial score (nSPS) is 26.0. The Bertz CT molecular complexity index is 893. The van der Waals surface area contributed by atoms with Crippen molar-refractivity contribution in [2.24, 2.45) is 17.8 Å². The molecule has 2 heterocycles. The van der Waals surface area contributed by atoms with E-state index in [-0.39, 0.29) is 11.8 Å². The number of anilines is 1. The number of nitrogens with one attached hydrogen (secondary N) is 2. The molecule has 5 nitrogen and oxygen atoms in total. The van der Waals surface area contributed by atoms with Crippen LogP contribution >= 0.6 is 0 Å². The van der Waals surface area contributed by atoms with E-state index in [1.165, 1.54) is 25.7 Å². The molecule has 0 spiro atoms. The van der Waals surface area contributed by atoms with Crippen LogP contribution in [0.4, 0.5) is 5.69 Å². The zero-order valence-electron chi connectivity index (χ0n) is 17.7. The molecule has 2 aromatic rings.